The maximum absolute atomic E-state index is 12.5. The Morgan fingerprint density at radius 2 is 1.80 bits per heavy atom. The van der Waals surface area contributed by atoms with Gasteiger partial charge in [-0.05, 0) is 49.6 Å². The van der Waals surface area contributed by atoms with Gasteiger partial charge in [0.2, 0.25) is 0 Å². The molecule has 2 aromatic rings. The van der Waals surface area contributed by atoms with Crippen LogP contribution < -0.4 is 5.56 Å². The molecule has 0 unspecified atom stereocenters. The fourth-order valence-corrected chi connectivity index (χ4v) is 2.50. The number of halogens is 1. The maximum Gasteiger partial charge on any atom is 0.262 e. The quantitative estimate of drug-likeness (QED) is 0.807. The van der Waals surface area contributed by atoms with E-state index in [-0.39, 0.29) is 22.9 Å². The summed E-state index contributed by atoms with van der Waals surface area (Å²) in [5.74, 6) is -0.188. The smallest absolute Gasteiger partial charge is 0.262 e. The van der Waals surface area contributed by atoms with Crippen molar-refractivity contribution in [3.63, 3.8) is 0 Å². The van der Waals surface area contributed by atoms with Gasteiger partial charge in [-0.1, -0.05) is 23.7 Å². The Balaban J connectivity index is 2.21. The Labute approximate surface area is 121 Å². The molecule has 3 nitrogen and oxygen atoms in total. The zero-order valence-electron chi connectivity index (χ0n) is 11.1. The Hall–Kier alpha value is -1.87. The third-order valence-electron chi connectivity index (χ3n) is 3.55. The number of rotatable bonds is 3. The summed E-state index contributed by atoms with van der Waals surface area (Å²) in [6, 6.07) is 11.1. The van der Waals surface area contributed by atoms with E-state index in [0.29, 0.717) is 5.02 Å². The maximum atomic E-state index is 12.5. The molecule has 0 atom stereocenters. The number of nitrogens with zero attached hydrogens (tertiary/aromatic N) is 1. The zero-order chi connectivity index (χ0) is 14.3. The van der Waals surface area contributed by atoms with Crippen molar-refractivity contribution in [2.24, 2.45) is 0 Å². The monoisotopic (exact) mass is 287 g/mol. The first-order valence-electron chi connectivity index (χ1n) is 6.60. The third kappa shape index (κ3) is 2.29. The Kier molecular flexibility index (Phi) is 3.22. The van der Waals surface area contributed by atoms with E-state index in [1.807, 2.05) is 18.2 Å². The fourth-order valence-electron chi connectivity index (χ4n) is 2.37. The lowest BCUT2D eigenvalue weighted by Gasteiger charge is -2.13. The van der Waals surface area contributed by atoms with Crippen LogP contribution in [0, 0.1) is 0 Å². The second-order valence-corrected chi connectivity index (χ2v) is 5.54. The highest BCUT2D eigenvalue weighted by atomic mass is 35.5. The molecule has 0 spiro atoms. The molecule has 0 saturated heterocycles. The predicted molar refractivity (Wildman–Crippen MR) is 79.4 cm³/mol. The molecule has 102 valence electrons. The summed E-state index contributed by atoms with van der Waals surface area (Å²) in [4.78, 5) is 24.0. The van der Waals surface area contributed by atoms with Gasteiger partial charge in [-0.2, -0.15) is 0 Å². The second-order valence-electron chi connectivity index (χ2n) is 5.10. The highest BCUT2D eigenvalue weighted by molar-refractivity contribution is 6.30. The van der Waals surface area contributed by atoms with Gasteiger partial charge in [-0.3, -0.25) is 9.59 Å². The van der Waals surface area contributed by atoms with E-state index in [0.717, 1.165) is 24.1 Å². The number of benzene rings is 1. The summed E-state index contributed by atoms with van der Waals surface area (Å²) in [7, 11) is 0. The van der Waals surface area contributed by atoms with Crippen molar-refractivity contribution in [3.8, 4) is 11.3 Å². The number of hydrogen-bond acceptors (Lipinski definition) is 2. The van der Waals surface area contributed by atoms with Crippen molar-refractivity contribution < 1.29 is 4.79 Å². The van der Waals surface area contributed by atoms with Crippen molar-refractivity contribution in [3.05, 3.63) is 57.3 Å². The number of ketones is 1. The van der Waals surface area contributed by atoms with Crippen LogP contribution in [0.25, 0.3) is 11.3 Å². The lowest BCUT2D eigenvalue weighted by molar-refractivity contribution is 0.101. The minimum Gasteiger partial charge on any atom is -0.305 e. The largest absolute Gasteiger partial charge is 0.305 e. The molecule has 1 aliphatic rings. The van der Waals surface area contributed by atoms with Crippen molar-refractivity contribution in [1.29, 1.82) is 0 Å². The van der Waals surface area contributed by atoms with Gasteiger partial charge in [-0.15, -0.1) is 0 Å². The molecule has 0 N–H and O–H groups in total. The average Bonchev–Trinajstić information content (AvgIpc) is 3.23. The number of Topliss-reactive ketones (excluding diaryl/α,β-unsaturated/α-hetero) is 1. The molecule has 3 rings (SSSR count). The molecule has 4 heteroatoms. The molecule has 1 aromatic carbocycles. The van der Waals surface area contributed by atoms with Gasteiger partial charge in [0.05, 0.1) is 11.3 Å². The summed E-state index contributed by atoms with van der Waals surface area (Å²) in [5.41, 5.74) is 1.86. The van der Waals surface area contributed by atoms with E-state index in [9.17, 15) is 9.59 Å². The highest BCUT2D eigenvalue weighted by Gasteiger charge is 2.28. The molecule has 1 aromatic heterocycles. The van der Waals surface area contributed by atoms with E-state index in [1.165, 1.54) is 6.92 Å². The average molecular weight is 288 g/mol. The molecular formula is C16H14ClNO2. The normalized spacial score (nSPS) is 14.3. The first kappa shape index (κ1) is 13.1. The number of hydrogen-bond donors (Lipinski definition) is 0. The minimum absolute atomic E-state index is 0.188. The molecule has 1 heterocycles. The molecule has 0 radical (unpaired) electrons. The van der Waals surface area contributed by atoms with E-state index < -0.39 is 0 Å². The first-order valence-corrected chi connectivity index (χ1v) is 6.98. The summed E-state index contributed by atoms with van der Waals surface area (Å²) < 4.78 is 1.75. The summed E-state index contributed by atoms with van der Waals surface area (Å²) in [6.07, 6.45) is 1.98. The van der Waals surface area contributed by atoms with Crippen molar-refractivity contribution >= 4 is 17.4 Å². The summed E-state index contributed by atoms with van der Waals surface area (Å²) >= 11 is 5.90. The SMILES string of the molecule is CC(=O)c1ccc(-c2ccc(Cl)cc2)n(C2CC2)c1=O. The van der Waals surface area contributed by atoms with Gasteiger partial charge in [0.1, 0.15) is 0 Å². The number of aromatic nitrogens is 1. The second kappa shape index (κ2) is 4.91. The Morgan fingerprint density at radius 3 is 2.35 bits per heavy atom. The molecule has 1 aliphatic carbocycles. The van der Waals surface area contributed by atoms with Crippen LogP contribution in [-0.4, -0.2) is 10.4 Å². The van der Waals surface area contributed by atoms with Gasteiger partial charge >= 0.3 is 0 Å². The lowest BCUT2D eigenvalue weighted by Crippen LogP contribution is -2.26. The van der Waals surface area contributed by atoms with Gasteiger partial charge in [0.15, 0.2) is 5.78 Å². The van der Waals surface area contributed by atoms with Crippen LogP contribution in [0.4, 0.5) is 0 Å². The molecule has 0 amide bonds. The van der Waals surface area contributed by atoms with Crippen molar-refractivity contribution in [2.45, 2.75) is 25.8 Å². The van der Waals surface area contributed by atoms with Crippen LogP contribution >= 0.6 is 11.6 Å². The fraction of sp³-hybridized carbons (Fsp3) is 0.250. The first-order chi connectivity index (χ1) is 9.58. The third-order valence-corrected chi connectivity index (χ3v) is 3.80. The van der Waals surface area contributed by atoms with Crippen LogP contribution in [0.3, 0.4) is 0 Å². The van der Waals surface area contributed by atoms with E-state index in [1.54, 1.807) is 22.8 Å². The summed E-state index contributed by atoms with van der Waals surface area (Å²) in [6.45, 7) is 1.43. The Bertz CT molecular complexity index is 727. The van der Waals surface area contributed by atoms with Crippen LogP contribution in [0.15, 0.2) is 41.2 Å². The Morgan fingerprint density at radius 1 is 1.15 bits per heavy atom. The number of carbonyl (C=O) groups is 1. The predicted octanol–water partition coefficient (Wildman–Crippen LogP) is 3.71. The molecule has 1 saturated carbocycles. The lowest BCUT2D eigenvalue weighted by atomic mass is 10.1. The van der Waals surface area contributed by atoms with E-state index >= 15 is 0 Å². The number of pyridine rings is 1. The van der Waals surface area contributed by atoms with Crippen molar-refractivity contribution in [2.75, 3.05) is 0 Å². The van der Waals surface area contributed by atoms with Crippen LogP contribution in [0.2, 0.25) is 5.02 Å². The van der Waals surface area contributed by atoms with Crippen molar-refractivity contribution in [1.82, 2.24) is 4.57 Å². The standard InChI is InChI=1S/C16H14ClNO2/c1-10(19)14-8-9-15(11-2-4-12(17)5-3-11)18(16(14)20)13-6-7-13/h2-5,8-9,13H,6-7H2,1H3. The van der Waals surface area contributed by atoms with Crippen LogP contribution in [0.1, 0.15) is 36.2 Å². The van der Waals surface area contributed by atoms with E-state index in [2.05, 4.69) is 0 Å². The topological polar surface area (TPSA) is 39.1 Å². The molecule has 0 aliphatic heterocycles. The molecule has 1 fully saturated rings. The van der Waals surface area contributed by atoms with E-state index in [4.69, 9.17) is 11.6 Å². The molecular weight excluding hydrogens is 274 g/mol. The highest BCUT2D eigenvalue weighted by Crippen LogP contribution is 2.37. The minimum atomic E-state index is -0.188. The molecule has 20 heavy (non-hydrogen) atoms. The molecule has 0 bridgehead atoms. The van der Waals surface area contributed by atoms with Crippen LogP contribution in [-0.2, 0) is 0 Å². The van der Waals surface area contributed by atoms with Gasteiger partial charge in [0.25, 0.3) is 5.56 Å². The van der Waals surface area contributed by atoms with Crippen LogP contribution in [0.5, 0.6) is 0 Å². The van der Waals surface area contributed by atoms with Gasteiger partial charge < -0.3 is 4.57 Å². The number of carbonyl (C=O) groups excluding carboxylic acids is 1. The van der Waals surface area contributed by atoms with Gasteiger partial charge in [-0.25, -0.2) is 0 Å². The summed E-state index contributed by atoms with van der Waals surface area (Å²) in [5, 5.41) is 0.662. The zero-order valence-corrected chi connectivity index (χ0v) is 11.9. The van der Waals surface area contributed by atoms with Gasteiger partial charge in [0, 0.05) is 11.1 Å².